The molecule has 0 spiro atoms. The summed E-state index contributed by atoms with van der Waals surface area (Å²) in [6.07, 6.45) is 0. The number of nitrogens with one attached hydrogen (secondary N) is 1. The van der Waals surface area contributed by atoms with Crippen LogP contribution in [0.2, 0.25) is 0 Å². The van der Waals surface area contributed by atoms with Gasteiger partial charge in [0.15, 0.2) is 0 Å². The van der Waals surface area contributed by atoms with Crippen LogP contribution in [0, 0.1) is 17.0 Å². The average Bonchev–Trinajstić information content (AvgIpc) is 2.19. The van der Waals surface area contributed by atoms with Gasteiger partial charge in [0, 0.05) is 17.8 Å². The Kier molecular flexibility index (Phi) is 3.47. The van der Waals surface area contributed by atoms with Crippen molar-refractivity contribution >= 4 is 17.3 Å². The van der Waals surface area contributed by atoms with E-state index in [0.29, 0.717) is 11.3 Å². The highest BCUT2D eigenvalue weighted by Gasteiger charge is 2.22. The summed E-state index contributed by atoms with van der Waals surface area (Å²) in [5.74, 6) is -0.338. The summed E-state index contributed by atoms with van der Waals surface area (Å²) in [7, 11) is 0. The van der Waals surface area contributed by atoms with E-state index in [2.05, 4.69) is 5.32 Å². The Hall–Kier alpha value is -1.95. The first kappa shape index (κ1) is 13.1. The molecule has 3 N–H and O–H groups in total. The number of amides is 1. The second-order valence-electron chi connectivity index (χ2n) is 4.43. The molecule has 0 saturated carbocycles. The number of nitro groups is 1. The lowest BCUT2D eigenvalue weighted by Gasteiger charge is -2.18. The van der Waals surface area contributed by atoms with Crippen molar-refractivity contribution in [3.05, 3.63) is 33.9 Å². The molecule has 1 aromatic carbocycles. The fraction of sp³-hybridized carbons (Fsp3) is 0.364. The van der Waals surface area contributed by atoms with Crippen LogP contribution in [0.1, 0.15) is 19.4 Å². The Bertz CT molecular complexity index is 464. The van der Waals surface area contributed by atoms with Gasteiger partial charge in [-0.1, -0.05) is 0 Å². The van der Waals surface area contributed by atoms with Crippen molar-refractivity contribution in [2.45, 2.75) is 26.3 Å². The highest BCUT2D eigenvalue weighted by atomic mass is 16.6. The molecule has 1 rings (SSSR count). The van der Waals surface area contributed by atoms with Crippen molar-refractivity contribution < 1.29 is 9.72 Å². The van der Waals surface area contributed by atoms with Gasteiger partial charge in [-0.15, -0.1) is 0 Å². The van der Waals surface area contributed by atoms with Crippen molar-refractivity contribution in [2.75, 3.05) is 5.32 Å². The summed E-state index contributed by atoms with van der Waals surface area (Å²) in [4.78, 5) is 21.7. The first-order valence-electron chi connectivity index (χ1n) is 5.07. The van der Waals surface area contributed by atoms with Crippen molar-refractivity contribution in [3.8, 4) is 0 Å². The maximum Gasteiger partial charge on any atom is 0.269 e. The quantitative estimate of drug-likeness (QED) is 0.615. The molecule has 0 bridgehead atoms. The van der Waals surface area contributed by atoms with Crippen molar-refractivity contribution in [1.82, 2.24) is 0 Å². The van der Waals surface area contributed by atoms with Crippen LogP contribution in [-0.4, -0.2) is 16.4 Å². The zero-order valence-corrected chi connectivity index (χ0v) is 9.98. The van der Waals surface area contributed by atoms with Crippen LogP contribution in [-0.2, 0) is 4.79 Å². The third-order valence-electron chi connectivity index (χ3n) is 2.25. The molecule has 0 atom stereocenters. The molecule has 0 aliphatic rings. The second kappa shape index (κ2) is 4.50. The van der Waals surface area contributed by atoms with Gasteiger partial charge in [0.25, 0.3) is 5.69 Å². The number of nitrogens with two attached hydrogens (primary N) is 1. The summed E-state index contributed by atoms with van der Waals surface area (Å²) in [6.45, 7) is 4.86. The molecule has 17 heavy (non-hydrogen) atoms. The van der Waals surface area contributed by atoms with Crippen LogP contribution >= 0.6 is 0 Å². The highest BCUT2D eigenvalue weighted by Crippen LogP contribution is 2.21. The van der Waals surface area contributed by atoms with E-state index in [1.54, 1.807) is 20.8 Å². The molecule has 0 fully saturated rings. The Morgan fingerprint density at radius 2 is 2.06 bits per heavy atom. The van der Waals surface area contributed by atoms with Crippen molar-refractivity contribution in [2.24, 2.45) is 5.73 Å². The summed E-state index contributed by atoms with van der Waals surface area (Å²) < 4.78 is 0. The second-order valence-corrected chi connectivity index (χ2v) is 4.43. The van der Waals surface area contributed by atoms with Gasteiger partial charge in [0.05, 0.1) is 10.5 Å². The van der Waals surface area contributed by atoms with Crippen LogP contribution < -0.4 is 11.1 Å². The molecule has 0 heterocycles. The standard InChI is InChI=1S/C11H15N3O3/c1-7-6-8(14(16)17)4-5-9(7)13-10(15)11(2,3)12/h4-6H,12H2,1-3H3,(H,13,15). The Morgan fingerprint density at radius 3 is 2.47 bits per heavy atom. The predicted octanol–water partition coefficient (Wildman–Crippen LogP) is 1.58. The molecule has 0 aliphatic carbocycles. The molecule has 0 aromatic heterocycles. The number of non-ortho nitro benzene ring substituents is 1. The van der Waals surface area contributed by atoms with Crippen LogP contribution in [0.15, 0.2) is 18.2 Å². The number of carbonyl (C=O) groups is 1. The number of anilines is 1. The van der Waals surface area contributed by atoms with Gasteiger partial charge >= 0.3 is 0 Å². The third-order valence-corrected chi connectivity index (χ3v) is 2.25. The van der Waals surface area contributed by atoms with Gasteiger partial charge in [-0.05, 0) is 32.4 Å². The van der Waals surface area contributed by atoms with Gasteiger partial charge in [-0.2, -0.15) is 0 Å². The van der Waals surface area contributed by atoms with E-state index >= 15 is 0 Å². The Morgan fingerprint density at radius 1 is 1.47 bits per heavy atom. The van der Waals surface area contributed by atoms with Crippen LogP contribution in [0.4, 0.5) is 11.4 Å². The van der Waals surface area contributed by atoms with Crippen molar-refractivity contribution in [3.63, 3.8) is 0 Å². The molecular weight excluding hydrogens is 222 g/mol. The van der Waals surface area contributed by atoms with Gasteiger partial charge in [0.1, 0.15) is 0 Å². The van der Waals surface area contributed by atoms with Gasteiger partial charge < -0.3 is 11.1 Å². The van der Waals surface area contributed by atoms with Gasteiger partial charge in [0.2, 0.25) is 5.91 Å². The molecule has 1 amide bonds. The van der Waals surface area contributed by atoms with Gasteiger partial charge in [-0.25, -0.2) is 0 Å². The van der Waals surface area contributed by atoms with Crippen LogP contribution in [0.3, 0.4) is 0 Å². The minimum absolute atomic E-state index is 0.00694. The lowest BCUT2D eigenvalue weighted by atomic mass is 10.1. The van der Waals surface area contributed by atoms with E-state index in [-0.39, 0.29) is 11.6 Å². The number of nitrogens with zero attached hydrogens (tertiary/aromatic N) is 1. The minimum atomic E-state index is -0.992. The molecular formula is C11H15N3O3. The average molecular weight is 237 g/mol. The van der Waals surface area contributed by atoms with Gasteiger partial charge in [-0.3, -0.25) is 14.9 Å². The van der Waals surface area contributed by atoms with E-state index in [0.717, 1.165) is 0 Å². The first-order valence-corrected chi connectivity index (χ1v) is 5.07. The van der Waals surface area contributed by atoms with Crippen LogP contribution in [0.25, 0.3) is 0 Å². The van der Waals surface area contributed by atoms with E-state index in [9.17, 15) is 14.9 Å². The number of hydrogen-bond acceptors (Lipinski definition) is 4. The fourth-order valence-corrected chi connectivity index (χ4v) is 1.19. The van der Waals surface area contributed by atoms with E-state index < -0.39 is 10.5 Å². The fourth-order valence-electron chi connectivity index (χ4n) is 1.19. The van der Waals surface area contributed by atoms with Crippen molar-refractivity contribution in [1.29, 1.82) is 0 Å². The number of aryl methyl sites for hydroxylation is 1. The Balaban J connectivity index is 2.95. The Labute approximate surface area is 99.0 Å². The topological polar surface area (TPSA) is 98.3 Å². The summed E-state index contributed by atoms with van der Waals surface area (Å²) in [5.41, 5.74) is 5.78. The molecule has 0 unspecified atom stereocenters. The first-order chi connectivity index (χ1) is 7.71. The van der Waals surface area contributed by atoms with E-state index in [1.807, 2.05) is 0 Å². The monoisotopic (exact) mass is 237 g/mol. The minimum Gasteiger partial charge on any atom is -0.324 e. The normalized spacial score (nSPS) is 11.1. The number of nitro benzene ring substituents is 1. The molecule has 0 aliphatic heterocycles. The maximum atomic E-state index is 11.6. The zero-order valence-electron chi connectivity index (χ0n) is 9.98. The molecule has 1 aromatic rings. The zero-order chi connectivity index (χ0) is 13.2. The SMILES string of the molecule is Cc1cc([N+](=O)[O-])ccc1NC(=O)C(C)(C)N. The lowest BCUT2D eigenvalue weighted by Crippen LogP contribution is -2.45. The number of hydrogen-bond donors (Lipinski definition) is 2. The number of rotatable bonds is 3. The predicted molar refractivity (Wildman–Crippen MR) is 64.7 cm³/mol. The maximum absolute atomic E-state index is 11.6. The smallest absolute Gasteiger partial charge is 0.269 e. The lowest BCUT2D eigenvalue weighted by molar-refractivity contribution is -0.384. The summed E-state index contributed by atoms with van der Waals surface area (Å²) in [6, 6.07) is 4.24. The highest BCUT2D eigenvalue weighted by molar-refractivity contribution is 5.97. The largest absolute Gasteiger partial charge is 0.324 e. The molecule has 6 heteroatoms. The number of carbonyl (C=O) groups excluding carboxylic acids is 1. The molecule has 92 valence electrons. The molecule has 6 nitrogen and oxygen atoms in total. The van der Waals surface area contributed by atoms with E-state index in [4.69, 9.17) is 5.73 Å². The molecule has 0 saturated heterocycles. The third kappa shape index (κ3) is 3.25. The summed E-state index contributed by atoms with van der Waals surface area (Å²) >= 11 is 0. The molecule has 0 radical (unpaired) electrons. The number of benzene rings is 1. The summed E-state index contributed by atoms with van der Waals surface area (Å²) in [5, 5.41) is 13.2. The van der Waals surface area contributed by atoms with E-state index in [1.165, 1.54) is 18.2 Å². The van der Waals surface area contributed by atoms with Crippen LogP contribution in [0.5, 0.6) is 0 Å².